The van der Waals surface area contributed by atoms with E-state index in [1.165, 1.54) is 25.7 Å². The molecule has 4 unspecified atom stereocenters. The van der Waals surface area contributed by atoms with E-state index >= 15 is 0 Å². The van der Waals surface area contributed by atoms with E-state index in [1.54, 1.807) is 12.8 Å². The van der Waals surface area contributed by atoms with E-state index in [4.69, 9.17) is 0 Å². The zero-order valence-electron chi connectivity index (χ0n) is 19.2. The van der Waals surface area contributed by atoms with Gasteiger partial charge in [0.25, 0.3) is 0 Å². The minimum absolute atomic E-state index is 0.929. The second-order valence-electron chi connectivity index (χ2n) is 12.1. The van der Waals surface area contributed by atoms with Crippen molar-refractivity contribution >= 4 is 0 Å². The van der Waals surface area contributed by atoms with Crippen LogP contribution in [0.3, 0.4) is 0 Å². The Kier molecular flexibility index (Phi) is 6.51. The standard InChI is InChI=1S/2C13H24/c2*1-8(2)10-5-11-7-12(6-10)13(11)9(3)4/h2*8-13H,5-7H2,1-4H3. The van der Waals surface area contributed by atoms with Crippen molar-refractivity contribution < 1.29 is 0 Å². The van der Waals surface area contributed by atoms with Crippen molar-refractivity contribution in [3.05, 3.63) is 0 Å². The van der Waals surface area contributed by atoms with Crippen molar-refractivity contribution in [1.82, 2.24) is 0 Å². The molecule has 6 aliphatic carbocycles. The average Bonchev–Trinajstić information content (AvgIpc) is 2.54. The molecule has 0 aromatic carbocycles. The smallest absolute Gasteiger partial charge is 0.0334 e. The summed E-state index contributed by atoms with van der Waals surface area (Å²) >= 11 is 0. The van der Waals surface area contributed by atoms with E-state index < -0.39 is 0 Å². The summed E-state index contributed by atoms with van der Waals surface area (Å²) in [5.74, 6) is 12.4. The first-order valence-corrected chi connectivity index (χ1v) is 12.2. The summed E-state index contributed by atoms with van der Waals surface area (Å²) in [5.41, 5.74) is 0. The van der Waals surface area contributed by atoms with Crippen LogP contribution in [0.5, 0.6) is 0 Å². The van der Waals surface area contributed by atoms with Crippen LogP contribution in [0.25, 0.3) is 0 Å². The molecule has 4 atom stereocenters. The molecule has 0 spiro atoms. The maximum Gasteiger partial charge on any atom is -0.0334 e. The van der Waals surface area contributed by atoms with Crippen molar-refractivity contribution in [1.29, 1.82) is 0 Å². The van der Waals surface area contributed by atoms with Crippen molar-refractivity contribution in [3.63, 3.8) is 0 Å². The molecule has 0 saturated heterocycles. The SMILES string of the molecule is CC(C)C1CC2CC(C1)C2C(C)C.CC(C)C1CC2CC(C1)C2C(C)C. The fourth-order valence-corrected chi connectivity index (χ4v) is 7.81. The van der Waals surface area contributed by atoms with Gasteiger partial charge in [0.1, 0.15) is 0 Å². The molecule has 26 heavy (non-hydrogen) atoms. The van der Waals surface area contributed by atoms with Gasteiger partial charge in [0.05, 0.1) is 0 Å². The second-order valence-corrected chi connectivity index (χ2v) is 12.1. The summed E-state index contributed by atoms with van der Waals surface area (Å²) < 4.78 is 0. The molecule has 0 heteroatoms. The highest BCUT2D eigenvalue weighted by atomic mass is 14.5. The van der Waals surface area contributed by atoms with Gasteiger partial charge in [-0.25, -0.2) is 0 Å². The van der Waals surface area contributed by atoms with Crippen molar-refractivity contribution in [2.75, 3.05) is 0 Å². The van der Waals surface area contributed by atoms with Gasteiger partial charge in [-0.2, -0.15) is 0 Å². The van der Waals surface area contributed by atoms with Gasteiger partial charge in [-0.15, -0.1) is 0 Å². The number of rotatable bonds is 4. The Labute approximate surface area is 165 Å². The van der Waals surface area contributed by atoms with Crippen LogP contribution in [0.15, 0.2) is 0 Å². The summed E-state index contributed by atoms with van der Waals surface area (Å²) in [5, 5.41) is 0. The molecule has 4 bridgehead atoms. The molecular formula is C26H48. The van der Waals surface area contributed by atoms with Gasteiger partial charge in [-0.05, 0) is 110 Å². The third-order valence-corrected chi connectivity index (χ3v) is 9.24. The topological polar surface area (TPSA) is 0 Å². The van der Waals surface area contributed by atoms with Crippen LogP contribution in [-0.4, -0.2) is 0 Å². The summed E-state index contributed by atoms with van der Waals surface area (Å²) in [6.45, 7) is 19.3. The quantitative estimate of drug-likeness (QED) is 0.477. The predicted molar refractivity (Wildman–Crippen MR) is 115 cm³/mol. The van der Waals surface area contributed by atoms with Gasteiger partial charge in [0.2, 0.25) is 0 Å². The molecule has 0 amide bonds. The molecule has 6 aliphatic rings. The van der Waals surface area contributed by atoms with Crippen LogP contribution in [0.4, 0.5) is 0 Å². The van der Waals surface area contributed by atoms with Crippen molar-refractivity contribution in [2.24, 2.45) is 71.0 Å². The minimum atomic E-state index is 0.929. The number of hydrogen-bond acceptors (Lipinski definition) is 0. The van der Waals surface area contributed by atoms with E-state index in [9.17, 15) is 0 Å². The van der Waals surface area contributed by atoms with Crippen molar-refractivity contribution in [3.8, 4) is 0 Å². The van der Waals surface area contributed by atoms with Crippen molar-refractivity contribution in [2.45, 2.75) is 93.9 Å². The zero-order chi connectivity index (χ0) is 19.2. The molecule has 6 saturated carbocycles. The van der Waals surface area contributed by atoms with Crippen LogP contribution >= 0.6 is 0 Å². The lowest BCUT2D eigenvalue weighted by Gasteiger charge is -2.55. The Morgan fingerprint density at radius 2 is 0.654 bits per heavy atom. The molecule has 6 fully saturated rings. The fourth-order valence-electron chi connectivity index (χ4n) is 7.81. The van der Waals surface area contributed by atoms with Crippen LogP contribution in [-0.2, 0) is 0 Å². The molecule has 0 aromatic heterocycles. The van der Waals surface area contributed by atoms with Gasteiger partial charge in [-0.1, -0.05) is 55.4 Å². The van der Waals surface area contributed by atoms with Gasteiger partial charge in [-0.3, -0.25) is 0 Å². The lowest BCUT2D eigenvalue weighted by Crippen LogP contribution is -2.47. The summed E-state index contributed by atoms with van der Waals surface area (Å²) in [6, 6.07) is 0. The third-order valence-electron chi connectivity index (χ3n) is 9.24. The van der Waals surface area contributed by atoms with Gasteiger partial charge in [0, 0.05) is 0 Å². The normalized spacial score (nSPS) is 43.8. The van der Waals surface area contributed by atoms with E-state index in [2.05, 4.69) is 55.4 Å². The molecular weight excluding hydrogens is 312 g/mol. The largest absolute Gasteiger partial charge is 0.0625 e. The van der Waals surface area contributed by atoms with E-state index in [1.807, 2.05) is 0 Å². The molecule has 0 heterocycles. The Balaban J connectivity index is 0.000000151. The summed E-state index contributed by atoms with van der Waals surface area (Å²) in [4.78, 5) is 0. The van der Waals surface area contributed by atoms with E-state index in [0.29, 0.717) is 0 Å². The summed E-state index contributed by atoms with van der Waals surface area (Å²) in [7, 11) is 0. The van der Waals surface area contributed by atoms with E-state index in [0.717, 1.165) is 71.0 Å². The Morgan fingerprint density at radius 3 is 0.846 bits per heavy atom. The molecule has 6 rings (SSSR count). The first-order chi connectivity index (χ1) is 12.2. The van der Waals surface area contributed by atoms with Gasteiger partial charge in [0.15, 0.2) is 0 Å². The molecule has 0 N–H and O–H groups in total. The third kappa shape index (κ3) is 4.05. The van der Waals surface area contributed by atoms with Crippen LogP contribution < -0.4 is 0 Å². The molecule has 0 aromatic rings. The van der Waals surface area contributed by atoms with E-state index in [-0.39, 0.29) is 0 Å². The van der Waals surface area contributed by atoms with Crippen LogP contribution in [0.2, 0.25) is 0 Å². The van der Waals surface area contributed by atoms with Gasteiger partial charge >= 0.3 is 0 Å². The first kappa shape index (κ1) is 20.7. The van der Waals surface area contributed by atoms with Crippen LogP contribution in [0.1, 0.15) is 93.9 Å². The maximum absolute atomic E-state index is 2.42. The fraction of sp³-hybridized carbons (Fsp3) is 1.00. The lowest BCUT2D eigenvalue weighted by molar-refractivity contribution is -0.0567. The van der Waals surface area contributed by atoms with Crippen LogP contribution in [0, 0.1) is 71.0 Å². The highest BCUT2D eigenvalue weighted by Crippen LogP contribution is 2.57. The zero-order valence-corrected chi connectivity index (χ0v) is 19.2. The molecule has 0 radical (unpaired) electrons. The molecule has 0 aliphatic heterocycles. The second kappa shape index (κ2) is 8.16. The monoisotopic (exact) mass is 360 g/mol. The van der Waals surface area contributed by atoms with Gasteiger partial charge < -0.3 is 0 Å². The number of fused-ring (bicyclic) bond motifs is 4. The minimum Gasteiger partial charge on any atom is -0.0625 e. The first-order valence-electron chi connectivity index (χ1n) is 12.2. The number of hydrogen-bond donors (Lipinski definition) is 0. The Bertz CT molecular complexity index is 379. The Morgan fingerprint density at radius 1 is 0.385 bits per heavy atom. The lowest BCUT2D eigenvalue weighted by atomic mass is 9.50. The Hall–Kier alpha value is 0. The molecule has 0 nitrogen and oxygen atoms in total. The summed E-state index contributed by atoms with van der Waals surface area (Å²) in [6.07, 6.45) is 9.28. The maximum atomic E-state index is 2.42. The highest BCUT2D eigenvalue weighted by molar-refractivity contribution is 4.98. The molecule has 152 valence electrons. The highest BCUT2D eigenvalue weighted by Gasteiger charge is 2.49. The predicted octanol–water partition coefficient (Wildman–Crippen LogP) is 7.92. The average molecular weight is 361 g/mol.